The predicted molar refractivity (Wildman–Crippen MR) is 75.6 cm³/mol. The predicted octanol–water partition coefficient (Wildman–Crippen LogP) is 3.15. The molecule has 100 valence electrons. The van der Waals surface area contributed by atoms with Crippen molar-refractivity contribution in [2.45, 2.75) is 64.5 Å². The molecule has 0 radical (unpaired) electrons. The summed E-state index contributed by atoms with van der Waals surface area (Å²) in [6.45, 7) is 4.25. The van der Waals surface area contributed by atoms with E-state index in [1.807, 2.05) is 11.8 Å². The Labute approximate surface area is 109 Å². The lowest BCUT2D eigenvalue weighted by Crippen LogP contribution is -2.46. The standard InChI is InChI=1S/C13H26N2OS/c1-3-17-10-9-11(2)14-13(16)15-12-7-5-4-6-8-12/h11-12H,3-10H2,1-2H3,(H2,14,15,16). The molecule has 0 aromatic heterocycles. The van der Waals surface area contributed by atoms with Gasteiger partial charge in [0, 0.05) is 12.1 Å². The van der Waals surface area contributed by atoms with Gasteiger partial charge in [-0.15, -0.1) is 0 Å². The zero-order valence-electron chi connectivity index (χ0n) is 11.1. The van der Waals surface area contributed by atoms with E-state index in [-0.39, 0.29) is 12.1 Å². The molecule has 2 amide bonds. The summed E-state index contributed by atoms with van der Waals surface area (Å²) < 4.78 is 0. The first-order valence-electron chi connectivity index (χ1n) is 6.87. The van der Waals surface area contributed by atoms with Crippen LogP contribution in [0.25, 0.3) is 0 Å². The van der Waals surface area contributed by atoms with Gasteiger partial charge in [-0.2, -0.15) is 11.8 Å². The molecule has 3 nitrogen and oxygen atoms in total. The molecule has 0 spiro atoms. The van der Waals surface area contributed by atoms with Crippen molar-refractivity contribution in [1.29, 1.82) is 0 Å². The Kier molecular flexibility index (Phi) is 7.49. The smallest absolute Gasteiger partial charge is 0.315 e. The van der Waals surface area contributed by atoms with Crippen LogP contribution in [0.15, 0.2) is 0 Å². The Morgan fingerprint density at radius 2 is 2.06 bits per heavy atom. The molecular formula is C13H26N2OS. The van der Waals surface area contributed by atoms with Crippen molar-refractivity contribution < 1.29 is 4.79 Å². The molecule has 17 heavy (non-hydrogen) atoms. The average molecular weight is 258 g/mol. The number of thioether (sulfide) groups is 1. The first-order chi connectivity index (χ1) is 8.22. The number of urea groups is 1. The second-order valence-corrected chi connectivity index (χ2v) is 6.23. The van der Waals surface area contributed by atoms with Crippen LogP contribution in [-0.2, 0) is 0 Å². The summed E-state index contributed by atoms with van der Waals surface area (Å²) in [5.41, 5.74) is 0. The van der Waals surface area contributed by atoms with E-state index in [2.05, 4.69) is 24.5 Å². The van der Waals surface area contributed by atoms with E-state index >= 15 is 0 Å². The lowest BCUT2D eigenvalue weighted by atomic mass is 9.96. The third kappa shape index (κ3) is 6.81. The molecule has 0 heterocycles. The third-order valence-corrected chi connectivity index (χ3v) is 4.15. The summed E-state index contributed by atoms with van der Waals surface area (Å²) in [6, 6.07) is 0.699. The Bertz CT molecular complexity index is 217. The van der Waals surface area contributed by atoms with Crippen molar-refractivity contribution >= 4 is 17.8 Å². The van der Waals surface area contributed by atoms with Gasteiger partial charge in [0.05, 0.1) is 0 Å². The molecule has 0 saturated heterocycles. The van der Waals surface area contributed by atoms with Crippen LogP contribution < -0.4 is 10.6 Å². The molecule has 1 fully saturated rings. The second kappa shape index (κ2) is 8.67. The largest absolute Gasteiger partial charge is 0.336 e. The number of carbonyl (C=O) groups excluding carboxylic acids is 1. The lowest BCUT2D eigenvalue weighted by Gasteiger charge is -2.24. The molecule has 2 N–H and O–H groups in total. The van der Waals surface area contributed by atoms with Crippen molar-refractivity contribution in [3.8, 4) is 0 Å². The van der Waals surface area contributed by atoms with Crippen molar-refractivity contribution in [1.82, 2.24) is 10.6 Å². The Morgan fingerprint density at radius 3 is 2.71 bits per heavy atom. The van der Waals surface area contributed by atoms with Gasteiger partial charge >= 0.3 is 6.03 Å². The van der Waals surface area contributed by atoms with Gasteiger partial charge in [0.15, 0.2) is 0 Å². The first kappa shape index (κ1) is 14.7. The summed E-state index contributed by atoms with van der Waals surface area (Å²) in [4.78, 5) is 11.7. The fraction of sp³-hybridized carbons (Fsp3) is 0.923. The molecule has 4 heteroatoms. The van der Waals surface area contributed by atoms with Crippen LogP contribution in [0.1, 0.15) is 52.4 Å². The van der Waals surface area contributed by atoms with Gasteiger partial charge < -0.3 is 10.6 Å². The number of hydrogen-bond acceptors (Lipinski definition) is 2. The van der Waals surface area contributed by atoms with Gasteiger partial charge in [-0.1, -0.05) is 26.2 Å². The zero-order valence-corrected chi connectivity index (χ0v) is 11.9. The van der Waals surface area contributed by atoms with E-state index in [1.54, 1.807) is 0 Å². The molecule has 0 aliphatic heterocycles. The van der Waals surface area contributed by atoms with Crippen LogP contribution >= 0.6 is 11.8 Å². The third-order valence-electron chi connectivity index (χ3n) is 3.22. The highest BCUT2D eigenvalue weighted by atomic mass is 32.2. The molecule has 0 bridgehead atoms. The van der Waals surface area contributed by atoms with Crippen LogP contribution in [0.3, 0.4) is 0 Å². The van der Waals surface area contributed by atoms with E-state index in [4.69, 9.17) is 0 Å². The molecule has 1 aliphatic rings. The molecule has 1 saturated carbocycles. The number of nitrogens with one attached hydrogen (secondary N) is 2. The highest BCUT2D eigenvalue weighted by Crippen LogP contribution is 2.17. The number of hydrogen-bond donors (Lipinski definition) is 2. The molecule has 1 rings (SSSR count). The lowest BCUT2D eigenvalue weighted by molar-refractivity contribution is 0.229. The highest BCUT2D eigenvalue weighted by Gasteiger charge is 2.16. The maximum Gasteiger partial charge on any atom is 0.315 e. The van der Waals surface area contributed by atoms with Crippen molar-refractivity contribution in [3.05, 3.63) is 0 Å². The van der Waals surface area contributed by atoms with Gasteiger partial charge in [-0.25, -0.2) is 4.79 Å². The number of carbonyl (C=O) groups is 1. The fourth-order valence-corrected chi connectivity index (χ4v) is 2.98. The van der Waals surface area contributed by atoms with Crippen LogP contribution in [0, 0.1) is 0 Å². The van der Waals surface area contributed by atoms with Gasteiger partial charge in [0.25, 0.3) is 0 Å². The number of rotatable bonds is 6. The van der Waals surface area contributed by atoms with Gasteiger partial charge in [-0.05, 0) is 37.7 Å². The van der Waals surface area contributed by atoms with Gasteiger partial charge in [0.2, 0.25) is 0 Å². The molecular weight excluding hydrogens is 232 g/mol. The minimum Gasteiger partial charge on any atom is -0.336 e. The Morgan fingerprint density at radius 1 is 1.35 bits per heavy atom. The van der Waals surface area contributed by atoms with Gasteiger partial charge in [-0.3, -0.25) is 0 Å². The maximum atomic E-state index is 11.7. The van der Waals surface area contributed by atoms with E-state index in [0.717, 1.165) is 30.8 Å². The molecule has 0 aromatic carbocycles. The van der Waals surface area contributed by atoms with Crippen molar-refractivity contribution in [3.63, 3.8) is 0 Å². The summed E-state index contributed by atoms with van der Waals surface area (Å²) in [5.74, 6) is 2.28. The van der Waals surface area contributed by atoms with Crippen LogP contribution in [-0.4, -0.2) is 29.6 Å². The fourth-order valence-electron chi connectivity index (χ4n) is 2.17. The molecule has 1 atom stereocenters. The monoisotopic (exact) mass is 258 g/mol. The number of amides is 2. The van der Waals surface area contributed by atoms with E-state index in [0.29, 0.717) is 6.04 Å². The van der Waals surface area contributed by atoms with E-state index in [9.17, 15) is 4.79 Å². The second-order valence-electron chi connectivity index (χ2n) is 4.84. The topological polar surface area (TPSA) is 41.1 Å². The first-order valence-corrected chi connectivity index (χ1v) is 8.02. The minimum atomic E-state index is 0.0194. The average Bonchev–Trinajstić information content (AvgIpc) is 2.30. The summed E-state index contributed by atoms with van der Waals surface area (Å²) in [6.07, 6.45) is 7.18. The summed E-state index contributed by atoms with van der Waals surface area (Å²) >= 11 is 1.93. The maximum absolute atomic E-state index is 11.7. The zero-order chi connectivity index (χ0) is 12.5. The van der Waals surface area contributed by atoms with Gasteiger partial charge in [0.1, 0.15) is 0 Å². The van der Waals surface area contributed by atoms with E-state index < -0.39 is 0 Å². The Balaban J connectivity index is 2.10. The highest BCUT2D eigenvalue weighted by molar-refractivity contribution is 7.99. The van der Waals surface area contributed by atoms with Crippen LogP contribution in [0.5, 0.6) is 0 Å². The van der Waals surface area contributed by atoms with Crippen LogP contribution in [0.4, 0.5) is 4.79 Å². The van der Waals surface area contributed by atoms with E-state index in [1.165, 1.54) is 19.3 Å². The molecule has 0 aromatic rings. The summed E-state index contributed by atoms with van der Waals surface area (Å²) in [5, 5.41) is 6.11. The molecule has 1 aliphatic carbocycles. The van der Waals surface area contributed by atoms with Crippen molar-refractivity contribution in [2.75, 3.05) is 11.5 Å². The van der Waals surface area contributed by atoms with Crippen LogP contribution in [0.2, 0.25) is 0 Å². The normalized spacial score (nSPS) is 18.7. The quantitative estimate of drug-likeness (QED) is 0.719. The minimum absolute atomic E-state index is 0.0194. The SMILES string of the molecule is CCSCCC(C)NC(=O)NC1CCCCC1. The molecule has 1 unspecified atom stereocenters. The Hall–Kier alpha value is -0.380. The van der Waals surface area contributed by atoms with Crippen molar-refractivity contribution in [2.24, 2.45) is 0 Å². The summed E-state index contributed by atoms with van der Waals surface area (Å²) in [7, 11) is 0.